The summed E-state index contributed by atoms with van der Waals surface area (Å²) < 4.78 is 0. The molecule has 0 saturated heterocycles. The van der Waals surface area contributed by atoms with Crippen LogP contribution in [0.15, 0.2) is 0 Å². The van der Waals surface area contributed by atoms with Gasteiger partial charge in [0.1, 0.15) is 0 Å². The summed E-state index contributed by atoms with van der Waals surface area (Å²) >= 11 is 0. The zero-order valence-corrected chi connectivity index (χ0v) is 3.28. The monoisotopic (exact) mass is 105 g/mol. The third kappa shape index (κ3) is 37.5. The summed E-state index contributed by atoms with van der Waals surface area (Å²) in [6, 6.07) is 0. The van der Waals surface area contributed by atoms with Crippen molar-refractivity contribution in [1.29, 1.82) is 0 Å². The van der Waals surface area contributed by atoms with Crippen molar-refractivity contribution in [2.45, 2.75) is 13.8 Å². The van der Waals surface area contributed by atoms with Crippen molar-refractivity contribution in [3.8, 4) is 0 Å². The first-order chi connectivity index (χ1) is 1.73. The molecule has 0 atom stereocenters. The van der Waals surface area contributed by atoms with Crippen LogP contribution < -0.4 is 0 Å². The second kappa shape index (κ2) is 10.1. The number of rotatable bonds is 0. The summed E-state index contributed by atoms with van der Waals surface area (Å²) in [6.07, 6.45) is 0. The Morgan fingerprint density at radius 1 is 1.17 bits per heavy atom. The molecule has 1 radical (unpaired) electrons. The Morgan fingerprint density at radius 3 is 1.17 bits per heavy atom. The molecule has 0 saturated carbocycles. The maximum atomic E-state index is 3.64. The Labute approximate surface area is 84.7 Å². The second-order valence-electron chi connectivity index (χ2n) is 1.39. The van der Waals surface area contributed by atoms with Crippen LogP contribution in [-0.4, -0.2) is 59.1 Å². The molecule has 0 nitrogen and oxygen atoms in total. The van der Waals surface area contributed by atoms with E-state index in [4.69, 9.17) is 0 Å². The van der Waals surface area contributed by atoms with Gasteiger partial charge in [-0.2, -0.15) is 0 Å². The van der Waals surface area contributed by atoms with Crippen molar-refractivity contribution in [3.05, 3.63) is 6.92 Å². The fourth-order valence-electron chi connectivity index (χ4n) is 0. The topological polar surface area (TPSA) is 0 Å². The van der Waals surface area contributed by atoms with Crippen molar-refractivity contribution >= 4 is 59.1 Å². The molecule has 0 aliphatic heterocycles. The third-order valence-electron chi connectivity index (χ3n) is 0. The standard InChI is InChI=1S/C4H9.2Na.2H/c1-4(2)3;;;;/h4H,1H2,2-3H3;;;;. The molecule has 0 bridgehead atoms. The first-order valence-electron chi connectivity index (χ1n) is 1.56. The van der Waals surface area contributed by atoms with Crippen LogP contribution in [0.25, 0.3) is 0 Å². The summed E-state index contributed by atoms with van der Waals surface area (Å²) in [7, 11) is 0. The van der Waals surface area contributed by atoms with Gasteiger partial charge in [0, 0.05) is 0 Å². The molecule has 0 fully saturated rings. The van der Waals surface area contributed by atoms with Crippen LogP contribution >= 0.6 is 0 Å². The summed E-state index contributed by atoms with van der Waals surface area (Å²) in [5.41, 5.74) is 0. The van der Waals surface area contributed by atoms with E-state index in [-0.39, 0.29) is 59.1 Å². The van der Waals surface area contributed by atoms with Gasteiger partial charge in [0.2, 0.25) is 0 Å². The second-order valence-corrected chi connectivity index (χ2v) is 1.39. The third-order valence-corrected chi connectivity index (χ3v) is 0. The average molecular weight is 105 g/mol. The van der Waals surface area contributed by atoms with Crippen molar-refractivity contribution in [2.75, 3.05) is 0 Å². The van der Waals surface area contributed by atoms with Crippen LogP contribution in [0.1, 0.15) is 13.8 Å². The summed E-state index contributed by atoms with van der Waals surface area (Å²) in [6.45, 7) is 7.75. The van der Waals surface area contributed by atoms with Gasteiger partial charge in [0.25, 0.3) is 0 Å². The van der Waals surface area contributed by atoms with E-state index in [9.17, 15) is 0 Å². The van der Waals surface area contributed by atoms with Gasteiger partial charge in [-0.05, 0) is 5.92 Å². The summed E-state index contributed by atoms with van der Waals surface area (Å²) in [4.78, 5) is 0. The van der Waals surface area contributed by atoms with Gasteiger partial charge in [-0.1, -0.05) is 20.8 Å². The number of hydrogen-bond donors (Lipinski definition) is 0. The van der Waals surface area contributed by atoms with Gasteiger partial charge in [0.15, 0.2) is 0 Å². The molecule has 0 aliphatic carbocycles. The van der Waals surface area contributed by atoms with Crippen molar-refractivity contribution in [1.82, 2.24) is 0 Å². The number of hydrogen-bond acceptors (Lipinski definition) is 0. The predicted molar refractivity (Wildman–Crippen MR) is 34.5 cm³/mol. The molecular weight excluding hydrogens is 94.0 g/mol. The quantitative estimate of drug-likeness (QED) is 0.385. The van der Waals surface area contributed by atoms with E-state index >= 15 is 0 Å². The van der Waals surface area contributed by atoms with Crippen molar-refractivity contribution in [2.24, 2.45) is 5.92 Å². The predicted octanol–water partition coefficient (Wildman–Crippen LogP) is 0.179. The minimum absolute atomic E-state index is 0. The molecule has 0 aromatic heterocycles. The van der Waals surface area contributed by atoms with E-state index in [0.717, 1.165) is 0 Å². The Balaban J connectivity index is -0.0000000450. The van der Waals surface area contributed by atoms with Crippen LogP contribution in [-0.2, 0) is 0 Å². The van der Waals surface area contributed by atoms with Gasteiger partial charge in [-0.15, -0.1) is 0 Å². The zero-order valence-electron chi connectivity index (χ0n) is 3.28. The molecule has 6 heavy (non-hydrogen) atoms. The molecular formula is C4H11Na2. The van der Waals surface area contributed by atoms with Crippen molar-refractivity contribution in [3.63, 3.8) is 0 Å². The van der Waals surface area contributed by atoms with E-state index in [1.807, 2.05) is 0 Å². The van der Waals surface area contributed by atoms with Gasteiger partial charge in [-0.25, -0.2) is 0 Å². The van der Waals surface area contributed by atoms with Gasteiger partial charge in [-0.3, -0.25) is 0 Å². The average Bonchev–Trinajstić information content (AvgIpc) is 0.811. The van der Waals surface area contributed by atoms with E-state index < -0.39 is 0 Å². The van der Waals surface area contributed by atoms with Crippen molar-refractivity contribution < 1.29 is 0 Å². The maximum absolute atomic E-state index is 3.64. The first kappa shape index (κ1) is 15.7. The normalized spacial score (nSPS) is 6.00. The Hall–Kier alpha value is 2.00. The Kier molecular flexibility index (Phi) is 26.3. The Morgan fingerprint density at radius 2 is 1.17 bits per heavy atom. The molecule has 2 heteroatoms. The minimum atomic E-state index is 0. The van der Waals surface area contributed by atoms with Crippen LogP contribution in [0, 0.1) is 12.8 Å². The summed E-state index contributed by atoms with van der Waals surface area (Å²) in [5.74, 6) is 0.583. The van der Waals surface area contributed by atoms with Crippen LogP contribution in [0.5, 0.6) is 0 Å². The van der Waals surface area contributed by atoms with Gasteiger partial charge < -0.3 is 0 Å². The molecule has 0 amide bonds. The molecule has 0 aliphatic rings. The molecule has 0 aromatic carbocycles. The fourth-order valence-corrected chi connectivity index (χ4v) is 0. The van der Waals surface area contributed by atoms with E-state index in [1.54, 1.807) is 0 Å². The molecule has 0 aromatic rings. The SMILES string of the molecule is [CH2]C(C)C.[NaH].[NaH]. The summed E-state index contributed by atoms with van der Waals surface area (Å²) in [5, 5.41) is 0. The van der Waals surface area contributed by atoms with Gasteiger partial charge >= 0.3 is 59.1 Å². The van der Waals surface area contributed by atoms with Crippen LogP contribution in [0.4, 0.5) is 0 Å². The molecule has 0 rings (SSSR count). The first-order valence-corrected chi connectivity index (χ1v) is 1.56. The molecule has 0 heterocycles. The van der Waals surface area contributed by atoms with E-state index in [0.29, 0.717) is 5.92 Å². The molecule has 0 spiro atoms. The molecule has 29 valence electrons. The van der Waals surface area contributed by atoms with Gasteiger partial charge in [0.05, 0.1) is 0 Å². The fraction of sp³-hybridized carbons (Fsp3) is 0.750. The zero-order chi connectivity index (χ0) is 3.58. The molecule has 0 N–H and O–H groups in total. The van der Waals surface area contributed by atoms with E-state index in [1.165, 1.54) is 0 Å². The Bertz CT molecular complexity index is 10.3. The van der Waals surface area contributed by atoms with E-state index in [2.05, 4.69) is 20.8 Å². The molecule has 0 unspecified atom stereocenters. The van der Waals surface area contributed by atoms with Crippen LogP contribution in [0.2, 0.25) is 0 Å². The van der Waals surface area contributed by atoms with Crippen LogP contribution in [0.3, 0.4) is 0 Å².